The summed E-state index contributed by atoms with van der Waals surface area (Å²) in [7, 11) is 0. The van der Waals surface area contributed by atoms with Crippen LogP contribution in [0.2, 0.25) is 0 Å². The van der Waals surface area contributed by atoms with Crippen LogP contribution in [-0.2, 0) is 9.53 Å². The molecule has 0 aromatic rings. The molecule has 0 bridgehead atoms. The molecule has 0 rings (SSSR count). The Balaban J connectivity index is 4.28. The van der Waals surface area contributed by atoms with Crippen LogP contribution in [0.3, 0.4) is 0 Å². The number of hydrogen-bond acceptors (Lipinski definition) is 2. The largest absolute Gasteiger partial charge is 0.497 e. The molecule has 0 aromatic carbocycles. The van der Waals surface area contributed by atoms with Crippen LogP contribution in [0.4, 0.5) is 0 Å². The van der Waals surface area contributed by atoms with Gasteiger partial charge in [-0.25, -0.2) is 4.79 Å². The van der Waals surface area contributed by atoms with Crippen molar-refractivity contribution in [2.24, 2.45) is 0 Å². The van der Waals surface area contributed by atoms with Crippen molar-refractivity contribution in [2.75, 3.05) is 6.61 Å². The monoisotopic (exact) mass is 172 g/mol. The van der Waals surface area contributed by atoms with E-state index in [0.717, 1.165) is 6.42 Å². The zero-order valence-corrected chi connectivity index (χ0v) is 7.89. The maximum atomic E-state index is 10.5. The van der Waals surface area contributed by atoms with Gasteiger partial charge in [0.15, 0.2) is 0 Å². The lowest BCUT2D eigenvalue weighted by molar-refractivity contribution is -0.132. The van der Waals surface area contributed by atoms with E-state index in [1.807, 2.05) is 13.8 Å². The Morgan fingerprint density at radius 2 is 2.00 bits per heavy atom. The van der Waals surface area contributed by atoms with Crippen molar-refractivity contribution in [1.82, 2.24) is 0 Å². The van der Waals surface area contributed by atoms with Crippen molar-refractivity contribution in [3.63, 3.8) is 0 Å². The smallest absolute Gasteiger partial charge is 0.334 e. The fourth-order valence-corrected chi connectivity index (χ4v) is 0.820. The van der Waals surface area contributed by atoms with Gasteiger partial charge in [0.2, 0.25) is 0 Å². The highest BCUT2D eigenvalue weighted by Gasteiger charge is 2.07. The van der Waals surface area contributed by atoms with Gasteiger partial charge in [-0.15, -0.1) is 0 Å². The van der Waals surface area contributed by atoms with Crippen LogP contribution in [0.15, 0.2) is 11.3 Å². The molecule has 0 radical (unpaired) electrons. The number of carbonyl (C=O) groups is 1. The molecule has 12 heavy (non-hydrogen) atoms. The molecule has 0 aromatic heterocycles. The quantitative estimate of drug-likeness (QED) is 0.510. The maximum absolute atomic E-state index is 10.5. The van der Waals surface area contributed by atoms with Gasteiger partial charge in [-0.2, -0.15) is 0 Å². The predicted molar refractivity (Wildman–Crippen MR) is 46.9 cm³/mol. The molecule has 0 aliphatic carbocycles. The summed E-state index contributed by atoms with van der Waals surface area (Å²) >= 11 is 0. The summed E-state index contributed by atoms with van der Waals surface area (Å²) in [5.41, 5.74) is 0.311. The molecule has 0 saturated heterocycles. The fourth-order valence-electron chi connectivity index (χ4n) is 0.820. The Bertz CT molecular complexity index is 182. The van der Waals surface area contributed by atoms with E-state index in [-0.39, 0.29) is 0 Å². The molecule has 0 fully saturated rings. The van der Waals surface area contributed by atoms with Crippen molar-refractivity contribution in [3.05, 3.63) is 11.3 Å². The fraction of sp³-hybridized carbons (Fsp3) is 0.667. The summed E-state index contributed by atoms with van der Waals surface area (Å²) in [6.45, 7) is 6.03. The minimum Gasteiger partial charge on any atom is -0.497 e. The van der Waals surface area contributed by atoms with E-state index >= 15 is 0 Å². The van der Waals surface area contributed by atoms with E-state index in [1.165, 1.54) is 0 Å². The normalized spacial score (nSPS) is 12.2. The van der Waals surface area contributed by atoms with E-state index in [4.69, 9.17) is 9.84 Å². The van der Waals surface area contributed by atoms with E-state index in [2.05, 4.69) is 0 Å². The Hall–Kier alpha value is -0.990. The summed E-state index contributed by atoms with van der Waals surface area (Å²) in [5.74, 6) is -0.313. The molecule has 0 amide bonds. The predicted octanol–water partition coefficient (Wildman–Crippen LogP) is 2.18. The van der Waals surface area contributed by atoms with Gasteiger partial charge in [-0.1, -0.05) is 13.8 Å². The highest BCUT2D eigenvalue weighted by Crippen LogP contribution is 2.10. The van der Waals surface area contributed by atoms with Crippen molar-refractivity contribution in [3.8, 4) is 0 Å². The molecular weight excluding hydrogens is 156 g/mol. The number of ether oxygens (including phenoxy) is 1. The summed E-state index contributed by atoms with van der Waals surface area (Å²) in [6.07, 6.45) is 1.54. The SMILES string of the molecule is CCCO/C(CC)=C(\C)C(=O)O. The lowest BCUT2D eigenvalue weighted by Gasteiger charge is -2.08. The summed E-state index contributed by atoms with van der Waals surface area (Å²) in [6, 6.07) is 0. The number of allylic oxidation sites excluding steroid dienone is 1. The van der Waals surface area contributed by atoms with E-state index in [0.29, 0.717) is 24.4 Å². The second kappa shape index (κ2) is 5.63. The molecule has 0 aliphatic heterocycles. The first-order valence-electron chi connectivity index (χ1n) is 4.19. The molecule has 0 heterocycles. The van der Waals surface area contributed by atoms with Gasteiger partial charge in [0, 0.05) is 6.42 Å². The zero-order chi connectivity index (χ0) is 9.56. The van der Waals surface area contributed by atoms with Crippen molar-refractivity contribution in [2.45, 2.75) is 33.6 Å². The maximum Gasteiger partial charge on any atom is 0.334 e. The van der Waals surface area contributed by atoms with E-state index in [9.17, 15) is 4.79 Å². The first-order chi connectivity index (χ1) is 5.63. The third-order valence-electron chi connectivity index (χ3n) is 1.54. The minimum atomic E-state index is -0.900. The Labute approximate surface area is 73.0 Å². The second-order valence-corrected chi connectivity index (χ2v) is 2.56. The molecule has 3 nitrogen and oxygen atoms in total. The van der Waals surface area contributed by atoms with Crippen LogP contribution in [0.5, 0.6) is 0 Å². The van der Waals surface area contributed by atoms with Crippen LogP contribution in [0.25, 0.3) is 0 Å². The minimum absolute atomic E-state index is 0.311. The topological polar surface area (TPSA) is 46.5 Å². The third-order valence-corrected chi connectivity index (χ3v) is 1.54. The number of carboxylic acid groups (broad SMARTS) is 1. The Morgan fingerprint density at radius 1 is 1.42 bits per heavy atom. The Morgan fingerprint density at radius 3 is 2.33 bits per heavy atom. The molecule has 1 N–H and O–H groups in total. The first-order valence-corrected chi connectivity index (χ1v) is 4.19. The van der Waals surface area contributed by atoms with Gasteiger partial charge in [0.25, 0.3) is 0 Å². The van der Waals surface area contributed by atoms with Gasteiger partial charge in [-0.3, -0.25) is 0 Å². The van der Waals surface area contributed by atoms with Gasteiger partial charge in [0.05, 0.1) is 12.2 Å². The Kier molecular flexibility index (Phi) is 5.17. The standard InChI is InChI=1S/C9H16O3/c1-4-6-12-8(5-2)7(3)9(10)11/h4-6H2,1-3H3,(H,10,11)/b8-7+. The molecule has 0 saturated carbocycles. The van der Waals surface area contributed by atoms with E-state index < -0.39 is 5.97 Å². The number of rotatable bonds is 5. The molecule has 0 spiro atoms. The summed E-state index contributed by atoms with van der Waals surface area (Å²) in [5, 5.41) is 8.64. The van der Waals surface area contributed by atoms with Gasteiger partial charge in [0.1, 0.15) is 5.76 Å². The molecular formula is C9H16O3. The molecule has 0 aliphatic rings. The first kappa shape index (κ1) is 11.0. The molecule has 70 valence electrons. The van der Waals surface area contributed by atoms with Crippen LogP contribution in [0, 0.1) is 0 Å². The van der Waals surface area contributed by atoms with Crippen LogP contribution < -0.4 is 0 Å². The van der Waals surface area contributed by atoms with Crippen molar-refractivity contribution in [1.29, 1.82) is 0 Å². The highest BCUT2D eigenvalue weighted by atomic mass is 16.5. The van der Waals surface area contributed by atoms with Gasteiger partial charge < -0.3 is 9.84 Å². The van der Waals surface area contributed by atoms with Crippen LogP contribution in [-0.4, -0.2) is 17.7 Å². The van der Waals surface area contributed by atoms with Crippen LogP contribution >= 0.6 is 0 Å². The average molecular weight is 172 g/mol. The summed E-state index contributed by atoms with van der Waals surface area (Å²) < 4.78 is 5.26. The average Bonchev–Trinajstić information content (AvgIpc) is 2.05. The van der Waals surface area contributed by atoms with Crippen LogP contribution in [0.1, 0.15) is 33.6 Å². The van der Waals surface area contributed by atoms with E-state index in [1.54, 1.807) is 6.92 Å². The van der Waals surface area contributed by atoms with Crippen molar-refractivity contribution < 1.29 is 14.6 Å². The number of hydrogen-bond donors (Lipinski definition) is 1. The molecule has 0 atom stereocenters. The lowest BCUT2D eigenvalue weighted by atomic mass is 10.2. The number of carboxylic acids is 1. The van der Waals surface area contributed by atoms with Gasteiger partial charge >= 0.3 is 5.97 Å². The summed E-state index contributed by atoms with van der Waals surface area (Å²) in [4.78, 5) is 10.5. The third kappa shape index (κ3) is 3.42. The second-order valence-electron chi connectivity index (χ2n) is 2.56. The molecule has 3 heteroatoms. The van der Waals surface area contributed by atoms with Crippen molar-refractivity contribution >= 4 is 5.97 Å². The zero-order valence-electron chi connectivity index (χ0n) is 7.89. The lowest BCUT2D eigenvalue weighted by Crippen LogP contribution is -2.04. The van der Waals surface area contributed by atoms with Gasteiger partial charge in [-0.05, 0) is 13.3 Å². The number of aliphatic carboxylic acids is 1. The molecule has 0 unspecified atom stereocenters. The highest BCUT2D eigenvalue weighted by molar-refractivity contribution is 5.86.